The van der Waals surface area contributed by atoms with E-state index in [1.54, 1.807) is 19.2 Å². The highest BCUT2D eigenvalue weighted by Gasteiger charge is 2.35. The first-order valence-electron chi connectivity index (χ1n) is 11.0. The SMILES string of the molecule is COc1ccc(CCN(c2nc3ccc(C(F)(F)F)c(F)c3s2)C(C)c2ccc(C(=O)O)cc2)cc1. The van der Waals surface area contributed by atoms with Crippen molar-refractivity contribution in [2.24, 2.45) is 0 Å². The minimum atomic E-state index is -4.81. The second-order valence-electron chi connectivity index (χ2n) is 8.16. The molecule has 0 aliphatic rings. The lowest BCUT2D eigenvalue weighted by atomic mass is 10.0. The summed E-state index contributed by atoms with van der Waals surface area (Å²) in [5.41, 5.74) is 0.736. The number of alkyl halides is 3. The Hall–Kier alpha value is -3.66. The van der Waals surface area contributed by atoms with E-state index in [9.17, 15) is 27.5 Å². The van der Waals surface area contributed by atoms with E-state index in [1.807, 2.05) is 36.1 Å². The first-order valence-corrected chi connectivity index (χ1v) is 11.8. The number of rotatable bonds is 8. The van der Waals surface area contributed by atoms with Crippen molar-refractivity contribution >= 4 is 32.7 Å². The predicted molar refractivity (Wildman–Crippen MR) is 130 cm³/mol. The van der Waals surface area contributed by atoms with E-state index >= 15 is 0 Å². The van der Waals surface area contributed by atoms with Crippen molar-refractivity contribution in [2.45, 2.75) is 25.6 Å². The van der Waals surface area contributed by atoms with Crippen LogP contribution >= 0.6 is 11.3 Å². The lowest BCUT2D eigenvalue weighted by molar-refractivity contribution is -0.139. The number of anilines is 1. The molecule has 0 amide bonds. The minimum Gasteiger partial charge on any atom is -0.497 e. The third-order valence-electron chi connectivity index (χ3n) is 5.94. The fraction of sp³-hybridized carbons (Fsp3) is 0.231. The van der Waals surface area contributed by atoms with Crippen LogP contribution in [0.1, 0.15) is 40.0 Å². The maximum atomic E-state index is 14.8. The van der Waals surface area contributed by atoms with Gasteiger partial charge in [0.15, 0.2) is 10.9 Å². The zero-order chi connectivity index (χ0) is 26.0. The van der Waals surface area contributed by atoms with Crippen molar-refractivity contribution in [3.05, 3.63) is 88.7 Å². The number of thiazole rings is 1. The molecule has 1 heterocycles. The molecular weight excluding hydrogens is 496 g/mol. The topological polar surface area (TPSA) is 62.7 Å². The fourth-order valence-electron chi connectivity index (χ4n) is 3.87. The number of carboxylic acid groups (broad SMARTS) is 1. The van der Waals surface area contributed by atoms with Gasteiger partial charge in [-0.15, -0.1) is 0 Å². The Morgan fingerprint density at radius 1 is 1.08 bits per heavy atom. The summed E-state index contributed by atoms with van der Waals surface area (Å²) < 4.78 is 59.5. The molecule has 0 bridgehead atoms. The molecule has 0 saturated heterocycles. The largest absolute Gasteiger partial charge is 0.497 e. The van der Waals surface area contributed by atoms with E-state index < -0.39 is 23.5 Å². The van der Waals surface area contributed by atoms with Gasteiger partial charge in [0.2, 0.25) is 0 Å². The normalized spacial score (nSPS) is 12.5. The molecule has 0 saturated carbocycles. The van der Waals surface area contributed by atoms with Gasteiger partial charge in [-0.25, -0.2) is 14.2 Å². The summed E-state index contributed by atoms with van der Waals surface area (Å²) in [5, 5.41) is 9.56. The smallest absolute Gasteiger partial charge is 0.419 e. The summed E-state index contributed by atoms with van der Waals surface area (Å²) in [4.78, 5) is 17.6. The van der Waals surface area contributed by atoms with Gasteiger partial charge in [-0.3, -0.25) is 0 Å². The van der Waals surface area contributed by atoms with Crippen LogP contribution in [0.4, 0.5) is 22.7 Å². The van der Waals surface area contributed by atoms with Crippen LogP contribution in [0, 0.1) is 5.82 Å². The van der Waals surface area contributed by atoms with Crippen molar-refractivity contribution in [1.29, 1.82) is 0 Å². The Morgan fingerprint density at radius 3 is 2.33 bits per heavy atom. The number of hydrogen-bond acceptors (Lipinski definition) is 5. The molecule has 0 spiro atoms. The highest BCUT2D eigenvalue weighted by atomic mass is 32.1. The first kappa shape index (κ1) is 25.4. The van der Waals surface area contributed by atoms with Gasteiger partial charge < -0.3 is 14.7 Å². The summed E-state index contributed by atoms with van der Waals surface area (Å²) in [6.45, 7) is 2.31. The van der Waals surface area contributed by atoms with Crippen molar-refractivity contribution in [3.8, 4) is 5.75 Å². The maximum Gasteiger partial charge on any atom is 0.419 e. The Labute approximate surface area is 208 Å². The zero-order valence-corrected chi connectivity index (χ0v) is 20.2. The Bertz CT molecular complexity index is 1370. The number of aromatic nitrogens is 1. The Balaban J connectivity index is 1.71. The number of hydrogen-bond donors (Lipinski definition) is 1. The second kappa shape index (κ2) is 10.1. The highest BCUT2D eigenvalue weighted by Crippen LogP contribution is 2.40. The van der Waals surface area contributed by atoms with Crippen LogP contribution in [-0.4, -0.2) is 29.7 Å². The predicted octanol–water partition coefficient (Wildman–Crippen LogP) is 6.97. The lowest BCUT2D eigenvalue weighted by Crippen LogP contribution is -2.29. The minimum absolute atomic E-state index is 0.137. The van der Waals surface area contributed by atoms with Crippen molar-refractivity contribution in [3.63, 3.8) is 0 Å². The highest BCUT2D eigenvalue weighted by molar-refractivity contribution is 7.22. The second-order valence-corrected chi connectivity index (χ2v) is 9.14. The molecule has 1 atom stereocenters. The van der Waals surface area contributed by atoms with E-state index in [4.69, 9.17) is 4.74 Å². The third kappa shape index (κ3) is 5.28. The molecule has 4 aromatic rings. The fourth-order valence-corrected chi connectivity index (χ4v) is 4.98. The number of nitrogens with zero attached hydrogens (tertiary/aromatic N) is 2. The number of methoxy groups -OCH3 is 1. The summed E-state index contributed by atoms with van der Waals surface area (Å²) >= 11 is 0.860. The van der Waals surface area contributed by atoms with E-state index in [1.165, 1.54) is 18.2 Å². The molecule has 0 aliphatic heterocycles. The number of aromatic carboxylic acids is 1. The van der Waals surface area contributed by atoms with Gasteiger partial charge in [0.05, 0.1) is 34.5 Å². The molecule has 1 unspecified atom stereocenters. The zero-order valence-electron chi connectivity index (χ0n) is 19.3. The summed E-state index contributed by atoms with van der Waals surface area (Å²) in [7, 11) is 1.57. The lowest BCUT2D eigenvalue weighted by Gasteiger charge is -2.29. The molecule has 188 valence electrons. The van der Waals surface area contributed by atoms with Crippen molar-refractivity contribution in [2.75, 3.05) is 18.6 Å². The molecule has 1 N–H and O–H groups in total. The molecule has 5 nitrogen and oxygen atoms in total. The van der Waals surface area contributed by atoms with Crippen LogP contribution < -0.4 is 9.64 Å². The van der Waals surface area contributed by atoms with Crippen molar-refractivity contribution in [1.82, 2.24) is 4.98 Å². The molecule has 0 aliphatic carbocycles. The molecule has 0 radical (unpaired) electrons. The number of fused-ring (bicyclic) bond motifs is 1. The standard InChI is InChI=1S/C26H22F4N2O3S/c1-15(17-5-7-18(8-6-17)24(33)34)32(14-13-16-3-9-19(35-2)10-4-16)25-31-21-12-11-20(26(28,29)30)22(27)23(21)36-25/h3-12,15H,13-14H2,1-2H3,(H,33,34). The van der Waals surface area contributed by atoms with Gasteiger partial charge in [-0.05, 0) is 60.9 Å². The van der Waals surface area contributed by atoms with Gasteiger partial charge in [0.1, 0.15) is 5.75 Å². The number of benzene rings is 3. The van der Waals surface area contributed by atoms with Gasteiger partial charge in [-0.1, -0.05) is 35.6 Å². The van der Waals surface area contributed by atoms with E-state index in [0.29, 0.717) is 29.9 Å². The summed E-state index contributed by atoms with van der Waals surface area (Å²) in [5.74, 6) is -1.67. The molecule has 4 rings (SSSR count). The summed E-state index contributed by atoms with van der Waals surface area (Å²) in [6.07, 6.45) is -4.23. The average Bonchev–Trinajstić information content (AvgIpc) is 3.29. The third-order valence-corrected chi connectivity index (χ3v) is 7.05. The van der Waals surface area contributed by atoms with E-state index in [2.05, 4.69) is 4.98 Å². The van der Waals surface area contributed by atoms with Gasteiger partial charge in [-0.2, -0.15) is 13.2 Å². The Kier molecular flexibility index (Phi) is 7.16. The van der Waals surface area contributed by atoms with Crippen LogP contribution in [0.15, 0.2) is 60.7 Å². The van der Waals surface area contributed by atoms with Crippen LogP contribution in [0.3, 0.4) is 0 Å². The monoisotopic (exact) mass is 518 g/mol. The van der Waals surface area contributed by atoms with Gasteiger partial charge >= 0.3 is 12.1 Å². The quantitative estimate of drug-likeness (QED) is 0.255. The van der Waals surface area contributed by atoms with Crippen molar-refractivity contribution < 1.29 is 32.2 Å². The molecule has 10 heteroatoms. The molecule has 3 aromatic carbocycles. The number of carbonyl (C=O) groups is 1. The van der Waals surface area contributed by atoms with Gasteiger partial charge in [0, 0.05) is 6.54 Å². The number of carboxylic acids is 1. The van der Waals surface area contributed by atoms with E-state index in [-0.39, 0.29) is 21.8 Å². The Morgan fingerprint density at radius 2 is 1.75 bits per heavy atom. The molecule has 0 fully saturated rings. The van der Waals surface area contributed by atoms with Crippen LogP contribution in [0.2, 0.25) is 0 Å². The number of halogens is 4. The van der Waals surface area contributed by atoms with Crippen LogP contribution in [-0.2, 0) is 12.6 Å². The van der Waals surface area contributed by atoms with Gasteiger partial charge in [0.25, 0.3) is 0 Å². The maximum absolute atomic E-state index is 14.8. The van der Waals surface area contributed by atoms with Crippen LogP contribution in [0.5, 0.6) is 5.75 Å². The van der Waals surface area contributed by atoms with Crippen LogP contribution in [0.25, 0.3) is 10.2 Å². The molecular formula is C26H22F4N2O3S. The molecule has 36 heavy (non-hydrogen) atoms. The first-order chi connectivity index (χ1) is 17.1. The number of ether oxygens (including phenoxy) is 1. The summed E-state index contributed by atoms with van der Waals surface area (Å²) in [6, 6.07) is 15.4. The molecule has 1 aromatic heterocycles. The van der Waals surface area contributed by atoms with E-state index in [0.717, 1.165) is 22.5 Å². The average molecular weight is 519 g/mol.